The van der Waals surface area contributed by atoms with E-state index in [0.717, 1.165) is 61.2 Å². The second-order valence-electron chi connectivity index (χ2n) is 10.6. The number of halogens is 2. The molecule has 0 saturated carbocycles. The lowest BCUT2D eigenvalue weighted by molar-refractivity contribution is 0.0703. The highest BCUT2D eigenvalue weighted by Gasteiger charge is 2.41. The third-order valence-electron chi connectivity index (χ3n) is 8.30. The number of carbonyl (C=O) groups excluding carboxylic acids is 1. The van der Waals surface area contributed by atoms with Crippen LogP contribution in [0.3, 0.4) is 0 Å². The molecule has 2 heterocycles. The van der Waals surface area contributed by atoms with Crippen LogP contribution in [-0.2, 0) is 9.84 Å². The molecule has 1 fully saturated rings. The summed E-state index contributed by atoms with van der Waals surface area (Å²) in [5.74, 6) is 0.359. The van der Waals surface area contributed by atoms with Crippen LogP contribution in [0.1, 0.15) is 71.1 Å². The van der Waals surface area contributed by atoms with Gasteiger partial charge in [-0.15, -0.1) is 0 Å². The standard InChI is InChI=1S/C31H34Cl2N2O3S/c1-3-35-30(25-9-4-5-10-26(25)31(35)36)24(22-12-13-27(32)28(33)20-22)16-19-34-17-14-21(15-18-34)23-8-6-7-11-29(23)39(2,37)38/h4-13,20-21,24,30H,3,14-19H2,1-2H3. The lowest BCUT2D eigenvalue weighted by atomic mass is 9.83. The van der Waals surface area contributed by atoms with Gasteiger partial charge in [-0.1, -0.05) is 65.7 Å². The Hall–Kier alpha value is -2.38. The van der Waals surface area contributed by atoms with Gasteiger partial charge in [-0.3, -0.25) is 4.79 Å². The molecule has 2 aliphatic heterocycles. The van der Waals surface area contributed by atoms with Crippen LogP contribution < -0.4 is 0 Å². The smallest absolute Gasteiger partial charge is 0.254 e. The normalized spacial score (nSPS) is 19.3. The molecule has 3 aromatic rings. The minimum atomic E-state index is -3.27. The molecule has 2 aliphatic rings. The van der Waals surface area contributed by atoms with Crippen molar-refractivity contribution >= 4 is 38.9 Å². The van der Waals surface area contributed by atoms with E-state index in [4.69, 9.17) is 23.2 Å². The van der Waals surface area contributed by atoms with E-state index >= 15 is 0 Å². The molecule has 0 N–H and O–H groups in total. The Labute approximate surface area is 241 Å². The number of sulfone groups is 1. The van der Waals surface area contributed by atoms with E-state index in [1.54, 1.807) is 12.1 Å². The minimum Gasteiger partial charge on any atom is -0.331 e. The fourth-order valence-corrected chi connectivity index (χ4v) is 7.66. The van der Waals surface area contributed by atoms with Crippen molar-refractivity contribution in [3.05, 3.63) is 99.0 Å². The van der Waals surface area contributed by atoms with Crippen LogP contribution in [0.15, 0.2) is 71.6 Å². The van der Waals surface area contributed by atoms with Gasteiger partial charge in [0.1, 0.15) is 0 Å². The number of likely N-dealkylation sites (N-methyl/N-ethyl adjacent to an activating group) is 1. The highest BCUT2D eigenvalue weighted by Crippen LogP contribution is 2.45. The first-order chi connectivity index (χ1) is 18.7. The quantitative estimate of drug-likeness (QED) is 0.287. The summed E-state index contributed by atoms with van der Waals surface area (Å²) in [6.45, 7) is 5.32. The molecule has 0 bridgehead atoms. The van der Waals surface area contributed by atoms with E-state index in [-0.39, 0.29) is 23.8 Å². The van der Waals surface area contributed by atoms with Crippen LogP contribution >= 0.6 is 23.2 Å². The molecule has 206 valence electrons. The molecule has 0 aliphatic carbocycles. The third kappa shape index (κ3) is 5.76. The van der Waals surface area contributed by atoms with Gasteiger partial charge in [0.2, 0.25) is 0 Å². The number of carbonyl (C=O) groups is 1. The Morgan fingerprint density at radius 1 is 0.923 bits per heavy atom. The molecule has 0 aromatic heterocycles. The number of likely N-dealkylation sites (tertiary alicyclic amines) is 1. The Bertz CT molecular complexity index is 1470. The first-order valence-electron chi connectivity index (χ1n) is 13.5. The highest BCUT2D eigenvalue weighted by atomic mass is 35.5. The van der Waals surface area contributed by atoms with E-state index in [9.17, 15) is 13.2 Å². The molecule has 5 nitrogen and oxygen atoms in total. The lowest BCUT2D eigenvalue weighted by Gasteiger charge is -2.36. The Morgan fingerprint density at radius 3 is 2.26 bits per heavy atom. The number of hydrogen-bond donors (Lipinski definition) is 0. The number of amides is 1. The maximum absolute atomic E-state index is 13.3. The molecular weight excluding hydrogens is 551 g/mol. The zero-order chi connectivity index (χ0) is 27.7. The fraction of sp³-hybridized carbons (Fsp3) is 0.387. The highest BCUT2D eigenvalue weighted by molar-refractivity contribution is 7.90. The SMILES string of the molecule is CCN1C(=O)c2ccccc2C1C(CCN1CCC(c2ccccc2S(C)(=O)=O)CC1)c1ccc(Cl)c(Cl)c1. The Morgan fingerprint density at radius 2 is 1.59 bits per heavy atom. The van der Waals surface area contributed by atoms with Crippen LogP contribution in [-0.4, -0.2) is 56.6 Å². The van der Waals surface area contributed by atoms with Crippen molar-refractivity contribution in [2.45, 2.75) is 49.0 Å². The van der Waals surface area contributed by atoms with Gasteiger partial charge in [-0.2, -0.15) is 0 Å². The number of fused-ring (bicyclic) bond motifs is 1. The number of rotatable bonds is 8. The molecule has 3 aromatic carbocycles. The number of nitrogens with zero attached hydrogens (tertiary/aromatic N) is 2. The molecule has 5 rings (SSSR count). The summed E-state index contributed by atoms with van der Waals surface area (Å²) in [6, 6.07) is 21.1. The summed E-state index contributed by atoms with van der Waals surface area (Å²) >= 11 is 12.7. The summed E-state index contributed by atoms with van der Waals surface area (Å²) in [6.07, 6.45) is 3.96. The van der Waals surface area contributed by atoms with Crippen molar-refractivity contribution in [1.29, 1.82) is 0 Å². The second-order valence-corrected chi connectivity index (χ2v) is 13.4. The van der Waals surface area contributed by atoms with Crippen LogP contribution in [0.25, 0.3) is 0 Å². The van der Waals surface area contributed by atoms with Crippen LogP contribution in [0.2, 0.25) is 10.0 Å². The number of benzene rings is 3. The van der Waals surface area contributed by atoms with Gasteiger partial charge in [0.25, 0.3) is 5.91 Å². The van der Waals surface area contributed by atoms with Gasteiger partial charge in [0, 0.05) is 24.3 Å². The van der Waals surface area contributed by atoms with Crippen molar-refractivity contribution < 1.29 is 13.2 Å². The van der Waals surface area contributed by atoms with Crippen molar-refractivity contribution in [3.63, 3.8) is 0 Å². The molecule has 39 heavy (non-hydrogen) atoms. The molecule has 8 heteroatoms. The molecular formula is C31H34Cl2N2O3S. The molecule has 0 radical (unpaired) electrons. The summed E-state index contributed by atoms with van der Waals surface area (Å²) in [5, 5.41) is 1.04. The zero-order valence-corrected chi connectivity index (χ0v) is 24.6. The van der Waals surface area contributed by atoms with Crippen LogP contribution in [0, 0.1) is 0 Å². The summed E-state index contributed by atoms with van der Waals surface area (Å²) in [7, 11) is -3.27. The average Bonchev–Trinajstić information content (AvgIpc) is 3.22. The predicted molar refractivity (Wildman–Crippen MR) is 158 cm³/mol. The zero-order valence-electron chi connectivity index (χ0n) is 22.3. The van der Waals surface area contributed by atoms with Gasteiger partial charge in [-0.25, -0.2) is 8.42 Å². The molecule has 2 atom stereocenters. The minimum absolute atomic E-state index is 0.0519. The third-order valence-corrected chi connectivity index (χ3v) is 10.2. The van der Waals surface area contributed by atoms with E-state index in [2.05, 4.69) is 11.0 Å². The summed E-state index contributed by atoms with van der Waals surface area (Å²) in [4.78, 5) is 18.2. The van der Waals surface area contributed by atoms with Crippen molar-refractivity contribution in [3.8, 4) is 0 Å². The van der Waals surface area contributed by atoms with Crippen molar-refractivity contribution in [2.24, 2.45) is 0 Å². The first-order valence-corrected chi connectivity index (χ1v) is 16.2. The van der Waals surface area contributed by atoms with Crippen LogP contribution in [0.4, 0.5) is 0 Å². The molecule has 2 unspecified atom stereocenters. The van der Waals surface area contributed by atoms with Gasteiger partial charge >= 0.3 is 0 Å². The van der Waals surface area contributed by atoms with E-state index in [1.165, 1.54) is 6.26 Å². The summed E-state index contributed by atoms with van der Waals surface area (Å²) < 4.78 is 24.7. The lowest BCUT2D eigenvalue weighted by Crippen LogP contribution is -2.36. The Balaban J connectivity index is 1.36. The number of piperidine rings is 1. The van der Waals surface area contributed by atoms with Gasteiger partial charge in [0.05, 0.1) is 21.0 Å². The average molecular weight is 586 g/mol. The van der Waals surface area contributed by atoms with Gasteiger partial charge in [0.15, 0.2) is 9.84 Å². The van der Waals surface area contributed by atoms with E-state index in [0.29, 0.717) is 21.5 Å². The molecule has 0 spiro atoms. The van der Waals surface area contributed by atoms with Gasteiger partial charge in [-0.05, 0) is 92.7 Å². The molecule has 1 saturated heterocycles. The topological polar surface area (TPSA) is 57.7 Å². The summed E-state index contributed by atoms with van der Waals surface area (Å²) in [5.41, 5.74) is 3.86. The fourth-order valence-electron chi connectivity index (χ4n) is 6.37. The second kappa shape index (κ2) is 11.6. The van der Waals surface area contributed by atoms with Crippen molar-refractivity contribution in [1.82, 2.24) is 9.80 Å². The Kier molecular flexibility index (Phi) is 8.39. The monoisotopic (exact) mass is 584 g/mol. The predicted octanol–water partition coefficient (Wildman–Crippen LogP) is 6.97. The number of hydrogen-bond acceptors (Lipinski definition) is 4. The first kappa shape index (κ1) is 28.2. The largest absolute Gasteiger partial charge is 0.331 e. The molecule has 1 amide bonds. The maximum atomic E-state index is 13.3. The maximum Gasteiger partial charge on any atom is 0.254 e. The van der Waals surface area contributed by atoms with Crippen LogP contribution in [0.5, 0.6) is 0 Å². The van der Waals surface area contributed by atoms with Crippen molar-refractivity contribution in [2.75, 3.05) is 32.4 Å². The van der Waals surface area contributed by atoms with Gasteiger partial charge < -0.3 is 9.80 Å². The van der Waals surface area contributed by atoms with E-state index in [1.807, 2.05) is 60.4 Å². The van der Waals surface area contributed by atoms with E-state index < -0.39 is 9.84 Å².